The van der Waals surface area contributed by atoms with E-state index < -0.39 is 0 Å². The van der Waals surface area contributed by atoms with Crippen LogP contribution in [0.5, 0.6) is 0 Å². The molecule has 0 saturated heterocycles. The van der Waals surface area contributed by atoms with Gasteiger partial charge in [0.2, 0.25) is 0 Å². The summed E-state index contributed by atoms with van der Waals surface area (Å²) in [7, 11) is 3.22. The Hall–Kier alpha value is -1.65. The van der Waals surface area contributed by atoms with Crippen molar-refractivity contribution in [2.45, 2.75) is 6.29 Å². The lowest BCUT2D eigenvalue weighted by molar-refractivity contribution is -0.106. The molecular weight excluding hydrogens is 204 g/mol. The standard InChI is InChI=1S/C12H13N2O2/c1-15-12(16-2)10-6-3-4-7-11(10)14-9-5-8-13-14/h3-4,6-9,12H,1-2H3. The summed E-state index contributed by atoms with van der Waals surface area (Å²) in [6.45, 7) is 0. The number of hydrogen-bond donors (Lipinski definition) is 0. The molecule has 0 saturated carbocycles. The number of rotatable bonds is 4. The van der Waals surface area contributed by atoms with E-state index >= 15 is 0 Å². The van der Waals surface area contributed by atoms with Crippen molar-refractivity contribution >= 4 is 0 Å². The van der Waals surface area contributed by atoms with Gasteiger partial charge in [0.05, 0.1) is 11.9 Å². The van der Waals surface area contributed by atoms with Crippen LogP contribution >= 0.6 is 0 Å². The van der Waals surface area contributed by atoms with Crippen molar-refractivity contribution in [3.63, 3.8) is 0 Å². The van der Waals surface area contributed by atoms with E-state index in [0.29, 0.717) is 0 Å². The molecule has 16 heavy (non-hydrogen) atoms. The minimum absolute atomic E-state index is 0.389. The van der Waals surface area contributed by atoms with Gasteiger partial charge in [0.25, 0.3) is 0 Å². The second-order valence-electron chi connectivity index (χ2n) is 3.25. The Bertz CT molecular complexity index is 436. The lowest BCUT2D eigenvalue weighted by atomic mass is 10.1. The van der Waals surface area contributed by atoms with Crippen LogP contribution in [0.1, 0.15) is 11.9 Å². The zero-order valence-electron chi connectivity index (χ0n) is 9.25. The smallest absolute Gasteiger partial charge is 0.185 e. The quantitative estimate of drug-likeness (QED) is 0.734. The first-order chi connectivity index (χ1) is 7.86. The van der Waals surface area contributed by atoms with Crippen molar-refractivity contribution in [1.29, 1.82) is 0 Å². The van der Waals surface area contributed by atoms with Gasteiger partial charge in [0.15, 0.2) is 6.29 Å². The fraction of sp³-hybridized carbons (Fsp3) is 0.250. The number of benzene rings is 1. The van der Waals surface area contributed by atoms with Crippen LogP contribution in [0, 0.1) is 6.07 Å². The molecular formula is C12H13N2O2. The Labute approximate surface area is 94.4 Å². The maximum absolute atomic E-state index is 5.25. The van der Waals surface area contributed by atoms with Gasteiger partial charge in [-0.3, -0.25) is 0 Å². The molecule has 1 radical (unpaired) electrons. The zero-order chi connectivity index (χ0) is 11.4. The summed E-state index contributed by atoms with van der Waals surface area (Å²) < 4.78 is 12.2. The molecule has 1 heterocycles. The lowest BCUT2D eigenvalue weighted by Crippen LogP contribution is -2.08. The van der Waals surface area contributed by atoms with E-state index in [1.807, 2.05) is 24.3 Å². The van der Waals surface area contributed by atoms with E-state index in [9.17, 15) is 0 Å². The predicted molar refractivity (Wildman–Crippen MR) is 59.2 cm³/mol. The number of hydrogen-bond acceptors (Lipinski definition) is 3. The molecule has 4 heteroatoms. The van der Waals surface area contributed by atoms with Crippen LogP contribution in [0.3, 0.4) is 0 Å². The summed E-state index contributed by atoms with van der Waals surface area (Å²) in [6.07, 6.45) is 2.99. The molecule has 0 amide bonds. The Balaban J connectivity index is 2.45. The van der Waals surface area contributed by atoms with E-state index in [0.717, 1.165) is 11.3 Å². The zero-order valence-corrected chi connectivity index (χ0v) is 9.25. The molecule has 1 aromatic heterocycles. The van der Waals surface area contributed by atoms with E-state index in [-0.39, 0.29) is 6.29 Å². The van der Waals surface area contributed by atoms with Gasteiger partial charge in [-0.25, -0.2) is 4.68 Å². The van der Waals surface area contributed by atoms with Crippen molar-refractivity contribution in [1.82, 2.24) is 9.78 Å². The maximum Gasteiger partial charge on any atom is 0.185 e. The molecule has 2 aromatic rings. The van der Waals surface area contributed by atoms with Crippen LogP contribution in [-0.2, 0) is 9.47 Å². The molecule has 0 fully saturated rings. The van der Waals surface area contributed by atoms with E-state index in [1.165, 1.54) is 0 Å². The minimum Gasteiger partial charge on any atom is -0.352 e. The van der Waals surface area contributed by atoms with Gasteiger partial charge in [-0.1, -0.05) is 18.2 Å². The summed E-state index contributed by atoms with van der Waals surface area (Å²) >= 11 is 0. The number of ether oxygens (including phenoxy) is 2. The molecule has 2 rings (SSSR count). The van der Waals surface area contributed by atoms with Crippen molar-refractivity contribution in [3.8, 4) is 5.69 Å². The van der Waals surface area contributed by atoms with Gasteiger partial charge >= 0.3 is 0 Å². The van der Waals surface area contributed by atoms with E-state index in [4.69, 9.17) is 9.47 Å². The maximum atomic E-state index is 5.25. The fourth-order valence-corrected chi connectivity index (χ4v) is 1.61. The highest BCUT2D eigenvalue weighted by molar-refractivity contribution is 5.40. The van der Waals surface area contributed by atoms with Gasteiger partial charge < -0.3 is 9.47 Å². The van der Waals surface area contributed by atoms with Crippen LogP contribution in [-0.4, -0.2) is 24.0 Å². The molecule has 83 valence electrons. The SMILES string of the molecule is COC(OC)c1ccccc1-n1c[c]cn1. The van der Waals surface area contributed by atoms with Gasteiger partial charge in [-0.15, -0.1) is 0 Å². The van der Waals surface area contributed by atoms with Gasteiger partial charge in [-0.05, 0) is 6.07 Å². The molecule has 1 aromatic carbocycles. The number of nitrogens with zero attached hydrogens (tertiary/aromatic N) is 2. The molecule has 0 aliphatic rings. The normalized spacial score (nSPS) is 10.9. The van der Waals surface area contributed by atoms with Crippen LogP contribution in [0.2, 0.25) is 0 Å². The molecule has 0 aliphatic carbocycles. The molecule has 0 unspecified atom stereocenters. The van der Waals surface area contributed by atoms with Gasteiger partial charge in [0.1, 0.15) is 0 Å². The summed E-state index contributed by atoms with van der Waals surface area (Å²) in [5.41, 5.74) is 1.86. The third-order valence-electron chi connectivity index (χ3n) is 2.32. The second kappa shape index (κ2) is 4.92. The largest absolute Gasteiger partial charge is 0.352 e. The van der Waals surface area contributed by atoms with Crippen LogP contribution in [0.25, 0.3) is 5.69 Å². The third-order valence-corrected chi connectivity index (χ3v) is 2.32. The summed E-state index contributed by atoms with van der Waals surface area (Å²) in [5, 5.41) is 4.15. The fourth-order valence-electron chi connectivity index (χ4n) is 1.61. The molecule has 0 bridgehead atoms. The average molecular weight is 217 g/mol. The molecule has 0 atom stereocenters. The summed E-state index contributed by atoms with van der Waals surface area (Å²) in [5.74, 6) is 0. The summed E-state index contributed by atoms with van der Waals surface area (Å²) in [6, 6.07) is 10.7. The second-order valence-corrected chi connectivity index (χ2v) is 3.25. The first-order valence-corrected chi connectivity index (χ1v) is 4.92. The third kappa shape index (κ3) is 1.98. The van der Waals surface area contributed by atoms with Crippen molar-refractivity contribution in [3.05, 3.63) is 48.3 Å². The van der Waals surface area contributed by atoms with Crippen molar-refractivity contribution in [2.75, 3.05) is 14.2 Å². The summed E-state index contributed by atoms with van der Waals surface area (Å²) in [4.78, 5) is 0. The molecule has 0 aliphatic heterocycles. The number of methoxy groups -OCH3 is 2. The highest BCUT2D eigenvalue weighted by Gasteiger charge is 2.14. The van der Waals surface area contributed by atoms with Crippen molar-refractivity contribution < 1.29 is 9.47 Å². The Morgan fingerprint density at radius 3 is 2.62 bits per heavy atom. The Morgan fingerprint density at radius 1 is 1.25 bits per heavy atom. The number of aromatic nitrogens is 2. The van der Waals surface area contributed by atoms with Crippen LogP contribution in [0.15, 0.2) is 36.7 Å². The topological polar surface area (TPSA) is 36.3 Å². The van der Waals surface area contributed by atoms with Gasteiger partial charge in [0, 0.05) is 32.0 Å². The van der Waals surface area contributed by atoms with Crippen LogP contribution < -0.4 is 0 Å². The monoisotopic (exact) mass is 217 g/mol. The van der Waals surface area contributed by atoms with Crippen molar-refractivity contribution in [2.24, 2.45) is 0 Å². The predicted octanol–water partition coefficient (Wildman–Crippen LogP) is 1.96. The van der Waals surface area contributed by atoms with E-state index in [1.54, 1.807) is 31.3 Å². The molecule has 0 spiro atoms. The number of para-hydroxylation sites is 1. The Kier molecular flexibility index (Phi) is 3.34. The first-order valence-electron chi connectivity index (χ1n) is 4.92. The molecule has 4 nitrogen and oxygen atoms in total. The Morgan fingerprint density at radius 2 is 2.00 bits per heavy atom. The average Bonchev–Trinajstić information content (AvgIpc) is 2.85. The molecule has 0 N–H and O–H groups in total. The van der Waals surface area contributed by atoms with Gasteiger partial charge in [-0.2, -0.15) is 5.10 Å². The van der Waals surface area contributed by atoms with E-state index in [2.05, 4.69) is 11.2 Å². The first kappa shape index (κ1) is 10.9. The highest BCUT2D eigenvalue weighted by atomic mass is 16.7. The highest BCUT2D eigenvalue weighted by Crippen LogP contribution is 2.23. The minimum atomic E-state index is -0.389. The van der Waals surface area contributed by atoms with Crippen LogP contribution in [0.4, 0.5) is 0 Å². The lowest BCUT2D eigenvalue weighted by Gasteiger charge is -2.17.